The molecule has 0 saturated carbocycles. The molecule has 1 saturated heterocycles. The number of benzene rings is 1. The fourth-order valence-corrected chi connectivity index (χ4v) is 2.32. The third-order valence-electron chi connectivity index (χ3n) is 3.44. The van der Waals surface area contributed by atoms with E-state index in [9.17, 15) is 17.6 Å². The lowest BCUT2D eigenvalue weighted by atomic mass is 10.0. The van der Waals surface area contributed by atoms with Gasteiger partial charge in [0.2, 0.25) is 0 Å². The Labute approximate surface area is 109 Å². The van der Waals surface area contributed by atoms with Crippen LogP contribution in [0.3, 0.4) is 0 Å². The van der Waals surface area contributed by atoms with E-state index in [2.05, 4.69) is 0 Å². The molecule has 1 aliphatic rings. The molecular formula is C13H16F4N2. The largest absolute Gasteiger partial charge is 0.416 e. The number of alkyl halides is 3. The van der Waals surface area contributed by atoms with Gasteiger partial charge in [0.1, 0.15) is 5.82 Å². The fraction of sp³-hybridized carbons (Fsp3) is 0.538. The molecule has 0 spiro atoms. The van der Waals surface area contributed by atoms with Crippen LogP contribution in [0, 0.1) is 5.82 Å². The molecule has 19 heavy (non-hydrogen) atoms. The van der Waals surface area contributed by atoms with Gasteiger partial charge in [-0.1, -0.05) is 6.07 Å². The molecule has 2 nitrogen and oxygen atoms in total. The highest BCUT2D eigenvalue weighted by molar-refractivity contribution is 5.31. The second-order valence-electron chi connectivity index (χ2n) is 4.88. The number of hydrogen-bond donors (Lipinski definition) is 1. The van der Waals surface area contributed by atoms with Crippen LogP contribution in [-0.4, -0.2) is 24.0 Å². The van der Waals surface area contributed by atoms with Gasteiger partial charge in [0.05, 0.1) is 5.56 Å². The maximum Gasteiger partial charge on any atom is 0.416 e. The topological polar surface area (TPSA) is 29.3 Å². The zero-order chi connectivity index (χ0) is 14.0. The Kier molecular flexibility index (Phi) is 4.10. The van der Waals surface area contributed by atoms with Crippen LogP contribution in [-0.2, 0) is 12.7 Å². The third-order valence-corrected chi connectivity index (χ3v) is 3.44. The predicted molar refractivity (Wildman–Crippen MR) is 63.9 cm³/mol. The summed E-state index contributed by atoms with van der Waals surface area (Å²) in [6, 6.07) is 3.18. The van der Waals surface area contributed by atoms with Gasteiger partial charge in [0.15, 0.2) is 0 Å². The molecule has 0 unspecified atom stereocenters. The van der Waals surface area contributed by atoms with Crippen molar-refractivity contribution >= 4 is 0 Å². The quantitative estimate of drug-likeness (QED) is 0.842. The molecule has 1 aliphatic heterocycles. The van der Waals surface area contributed by atoms with Gasteiger partial charge in [-0.2, -0.15) is 13.2 Å². The molecule has 106 valence electrons. The fourth-order valence-electron chi connectivity index (χ4n) is 2.32. The molecule has 0 aromatic heterocycles. The second-order valence-corrected chi connectivity index (χ2v) is 4.88. The second kappa shape index (κ2) is 5.46. The van der Waals surface area contributed by atoms with E-state index in [1.165, 1.54) is 0 Å². The van der Waals surface area contributed by atoms with Gasteiger partial charge in [-0.15, -0.1) is 0 Å². The van der Waals surface area contributed by atoms with Crippen molar-refractivity contribution in [1.82, 2.24) is 4.90 Å². The smallest absolute Gasteiger partial charge is 0.328 e. The van der Waals surface area contributed by atoms with Crippen molar-refractivity contribution in [1.29, 1.82) is 0 Å². The molecule has 0 amide bonds. The molecule has 6 heteroatoms. The maximum absolute atomic E-state index is 13.7. The summed E-state index contributed by atoms with van der Waals surface area (Å²) in [6.07, 6.45) is -3.06. The lowest BCUT2D eigenvalue weighted by Gasteiger charge is -2.30. The summed E-state index contributed by atoms with van der Waals surface area (Å²) in [5.41, 5.74) is 4.58. The van der Waals surface area contributed by atoms with Gasteiger partial charge in [-0.25, -0.2) is 4.39 Å². The van der Waals surface area contributed by atoms with E-state index >= 15 is 0 Å². The molecule has 1 heterocycles. The van der Waals surface area contributed by atoms with Crippen LogP contribution in [0.4, 0.5) is 17.6 Å². The van der Waals surface area contributed by atoms with Crippen LogP contribution < -0.4 is 5.73 Å². The standard InChI is InChI=1S/C13H16F4N2/c14-12-3-1-2-11(13(15,16)17)10(12)8-19-6-4-9(18)5-7-19/h1-3,9H,4-8,18H2. The van der Waals surface area contributed by atoms with E-state index in [0.29, 0.717) is 13.1 Å². The number of nitrogens with two attached hydrogens (primary N) is 1. The van der Waals surface area contributed by atoms with Gasteiger partial charge < -0.3 is 5.73 Å². The number of likely N-dealkylation sites (tertiary alicyclic amines) is 1. The summed E-state index contributed by atoms with van der Waals surface area (Å²) in [5.74, 6) is -0.801. The van der Waals surface area contributed by atoms with E-state index in [0.717, 1.165) is 31.0 Å². The molecular weight excluding hydrogens is 260 g/mol. The van der Waals surface area contributed by atoms with Crippen molar-refractivity contribution in [3.8, 4) is 0 Å². The zero-order valence-corrected chi connectivity index (χ0v) is 10.4. The van der Waals surface area contributed by atoms with Gasteiger partial charge in [0, 0.05) is 18.2 Å². The van der Waals surface area contributed by atoms with Crippen LogP contribution in [0.1, 0.15) is 24.0 Å². The molecule has 0 atom stereocenters. The number of hydrogen-bond acceptors (Lipinski definition) is 2. The molecule has 0 radical (unpaired) electrons. The van der Waals surface area contributed by atoms with Gasteiger partial charge in [-0.3, -0.25) is 4.90 Å². The van der Waals surface area contributed by atoms with Gasteiger partial charge in [-0.05, 0) is 38.1 Å². The normalized spacial score (nSPS) is 18.8. The van der Waals surface area contributed by atoms with Crippen LogP contribution in [0.2, 0.25) is 0 Å². The molecule has 0 bridgehead atoms. The Morgan fingerprint density at radius 1 is 1.21 bits per heavy atom. The first kappa shape index (κ1) is 14.3. The van der Waals surface area contributed by atoms with E-state index in [1.54, 1.807) is 0 Å². The summed E-state index contributed by atoms with van der Waals surface area (Å²) < 4.78 is 52.2. The number of halogens is 4. The van der Waals surface area contributed by atoms with E-state index in [1.807, 2.05) is 4.90 Å². The summed E-state index contributed by atoms with van der Waals surface area (Å²) in [4.78, 5) is 1.82. The first-order chi connectivity index (χ1) is 8.88. The molecule has 1 aromatic rings. The molecule has 1 fully saturated rings. The minimum absolute atomic E-state index is 0.0196. The monoisotopic (exact) mass is 276 g/mol. The lowest BCUT2D eigenvalue weighted by molar-refractivity contribution is -0.138. The molecule has 1 aromatic carbocycles. The maximum atomic E-state index is 13.7. The Hall–Kier alpha value is -1.14. The minimum atomic E-state index is -4.52. The predicted octanol–water partition coefficient (Wildman–Crippen LogP) is 2.77. The van der Waals surface area contributed by atoms with Crippen LogP contribution in [0.15, 0.2) is 18.2 Å². The van der Waals surface area contributed by atoms with Crippen molar-refractivity contribution in [2.24, 2.45) is 5.73 Å². The summed E-state index contributed by atoms with van der Waals surface area (Å²) in [7, 11) is 0. The Morgan fingerprint density at radius 3 is 2.42 bits per heavy atom. The highest BCUT2D eigenvalue weighted by Gasteiger charge is 2.35. The SMILES string of the molecule is NC1CCN(Cc2c(F)cccc2C(F)(F)F)CC1. The highest BCUT2D eigenvalue weighted by atomic mass is 19.4. The van der Waals surface area contributed by atoms with E-state index < -0.39 is 17.6 Å². The molecule has 2 rings (SSSR count). The number of nitrogens with zero attached hydrogens (tertiary/aromatic N) is 1. The first-order valence-electron chi connectivity index (χ1n) is 6.20. The summed E-state index contributed by atoms with van der Waals surface area (Å²) in [5, 5.41) is 0. The van der Waals surface area contributed by atoms with Crippen molar-refractivity contribution in [3.05, 3.63) is 35.1 Å². The van der Waals surface area contributed by atoms with Gasteiger partial charge >= 0.3 is 6.18 Å². The Morgan fingerprint density at radius 2 is 1.84 bits per heavy atom. The highest BCUT2D eigenvalue weighted by Crippen LogP contribution is 2.33. The summed E-state index contributed by atoms with van der Waals surface area (Å²) >= 11 is 0. The van der Waals surface area contributed by atoms with Crippen molar-refractivity contribution in [2.45, 2.75) is 31.6 Å². The molecule has 2 N–H and O–H groups in total. The Balaban J connectivity index is 2.20. The van der Waals surface area contributed by atoms with Crippen molar-refractivity contribution in [3.63, 3.8) is 0 Å². The van der Waals surface area contributed by atoms with Crippen molar-refractivity contribution < 1.29 is 17.6 Å². The van der Waals surface area contributed by atoms with E-state index in [4.69, 9.17) is 5.73 Å². The van der Waals surface area contributed by atoms with Crippen LogP contribution in [0.25, 0.3) is 0 Å². The van der Waals surface area contributed by atoms with Crippen molar-refractivity contribution in [2.75, 3.05) is 13.1 Å². The first-order valence-corrected chi connectivity index (χ1v) is 6.20. The van der Waals surface area contributed by atoms with Crippen LogP contribution in [0.5, 0.6) is 0 Å². The van der Waals surface area contributed by atoms with E-state index in [-0.39, 0.29) is 18.2 Å². The molecule has 0 aliphatic carbocycles. The third kappa shape index (κ3) is 3.45. The average Bonchev–Trinajstić information content (AvgIpc) is 2.33. The lowest BCUT2D eigenvalue weighted by Crippen LogP contribution is -2.39. The van der Waals surface area contributed by atoms with Gasteiger partial charge in [0.25, 0.3) is 0 Å². The van der Waals surface area contributed by atoms with Crippen LogP contribution >= 0.6 is 0 Å². The minimum Gasteiger partial charge on any atom is -0.328 e. The number of rotatable bonds is 2. The number of piperidine rings is 1. The Bertz CT molecular complexity index is 437. The summed E-state index contributed by atoms with van der Waals surface area (Å²) in [6.45, 7) is 1.19. The zero-order valence-electron chi connectivity index (χ0n) is 10.4. The average molecular weight is 276 g/mol.